The van der Waals surface area contributed by atoms with Crippen molar-refractivity contribution < 1.29 is 9.53 Å². The Morgan fingerprint density at radius 1 is 1.38 bits per heavy atom. The van der Waals surface area contributed by atoms with Crippen LogP contribution < -0.4 is 10.6 Å². The SMILES string of the molecule is CNC(=O)CCCNCC1(C)CCOCC1. The number of hydrogen-bond acceptors (Lipinski definition) is 3. The van der Waals surface area contributed by atoms with Crippen molar-refractivity contribution in [2.75, 3.05) is 33.4 Å². The molecule has 4 nitrogen and oxygen atoms in total. The molecular formula is C12H24N2O2. The third-order valence-electron chi connectivity index (χ3n) is 3.29. The van der Waals surface area contributed by atoms with Gasteiger partial charge in [0.2, 0.25) is 5.91 Å². The van der Waals surface area contributed by atoms with Crippen molar-refractivity contribution >= 4 is 5.91 Å². The lowest BCUT2D eigenvalue weighted by Crippen LogP contribution is -2.37. The number of ether oxygens (including phenoxy) is 1. The van der Waals surface area contributed by atoms with Crippen molar-refractivity contribution in [3.8, 4) is 0 Å². The molecule has 0 aromatic rings. The van der Waals surface area contributed by atoms with E-state index < -0.39 is 0 Å². The van der Waals surface area contributed by atoms with E-state index in [9.17, 15) is 4.79 Å². The van der Waals surface area contributed by atoms with Crippen LogP contribution in [0.2, 0.25) is 0 Å². The van der Waals surface area contributed by atoms with Crippen LogP contribution in [0.4, 0.5) is 0 Å². The van der Waals surface area contributed by atoms with Gasteiger partial charge < -0.3 is 15.4 Å². The molecule has 0 aliphatic carbocycles. The van der Waals surface area contributed by atoms with E-state index in [1.165, 1.54) is 0 Å². The lowest BCUT2D eigenvalue weighted by Gasteiger charge is -2.33. The Balaban J connectivity index is 2.03. The summed E-state index contributed by atoms with van der Waals surface area (Å²) in [5.41, 5.74) is 0.380. The van der Waals surface area contributed by atoms with Gasteiger partial charge in [-0.3, -0.25) is 4.79 Å². The topological polar surface area (TPSA) is 50.4 Å². The van der Waals surface area contributed by atoms with E-state index in [-0.39, 0.29) is 5.91 Å². The molecule has 0 bridgehead atoms. The molecule has 0 saturated carbocycles. The first-order valence-corrected chi connectivity index (χ1v) is 6.15. The standard InChI is InChI=1S/C12H24N2O2/c1-12(5-8-16-9-6-12)10-14-7-3-4-11(15)13-2/h14H,3-10H2,1-2H3,(H,13,15). The zero-order valence-electron chi connectivity index (χ0n) is 10.5. The van der Waals surface area contributed by atoms with Crippen LogP contribution in [0.1, 0.15) is 32.6 Å². The Labute approximate surface area is 98.1 Å². The van der Waals surface area contributed by atoms with Crippen LogP contribution in [0.25, 0.3) is 0 Å². The fourth-order valence-corrected chi connectivity index (χ4v) is 1.93. The lowest BCUT2D eigenvalue weighted by atomic mass is 9.82. The van der Waals surface area contributed by atoms with Crippen LogP contribution in [-0.2, 0) is 9.53 Å². The minimum absolute atomic E-state index is 0.124. The van der Waals surface area contributed by atoms with Crippen molar-refractivity contribution in [3.05, 3.63) is 0 Å². The molecule has 1 aliphatic rings. The van der Waals surface area contributed by atoms with Gasteiger partial charge in [-0.15, -0.1) is 0 Å². The molecular weight excluding hydrogens is 204 g/mol. The highest BCUT2D eigenvalue weighted by Gasteiger charge is 2.26. The highest BCUT2D eigenvalue weighted by atomic mass is 16.5. The van der Waals surface area contributed by atoms with Crippen LogP contribution in [0, 0.1) is 5.41 Å². The van der Waals surface area contributed by atoms with Gasteiger partial charge in [-0.05, 0) is 31.2 Å². The first kappa shape index (κ1) is 13.5. The van der Waals surface area contributed by atoms with Crippen LogP contribution in [0.5, 0.6) is 0 Å². The van der Waals surface area contributed by atoms with Gasteiger partial charge in [-0.1, -0.05) is 6.92 Å². The smallest absolute Gasteiger partial charge is 0.219 e. The normalized spacial score (nSPS) is 19.4. The van der Waals surface area contributed by atoms with Crippen LogP contribution in [0.15, 0.2) is 0 Å². The van der Waals surface area contributed by atoms with E-state index in [1.54, 1.807) is 7.05 Å². The summed E-state index contributed by atoms with van der Waals surface area (Å²) >= 11 is 0. The van der Waals surface area contributed by atoms with Crippen LogP contribution in [0.3, 0.4) is 0 Å². The van der Waals surface area contributed by atoms with Crippen molar-refractivity contribution in [2.45, 2.75) is 32.6 Å². The van der Waals surface area contributed by atoms with Gasteiger partial charge in [0.15, 0.2) is 0 Å². The molecule has 94 valence electrons. The molecule has 16 heavy (non-hydrogen) atoms. The average Bonchev–Trinajstić information content (AvgIpc) is 2.29. The summed E-state index contributed by atoms with van der Waals surface area (Å²) in [6.07, 6.45) is 3.79. The summed E-state index contributed by atoms with van der Waals surface area (Å²) in [6.45, 7) is 6.03. The molecule has 1 saturated heterocycles. The second kappa shape index (κ2) is 6.86. The maximum atomic E-state index is 11.0. The first-order chi connectivity index (χ1) is 7.66. The highest BCUT2D eigenvalue weighted by Crippen LogP contribution is 2.28. The number of rotatable bonds is 6. The van der Waals surface area contributed by atoms with Crippen molar-refractivity contribution in [3.63, 3.8) is 0 Å². The summed E-state index contributed by atoms with van der Waals surface area (Å²) in [6, 6.07) is 0. The minimum Gasteiger partial charge on any atom is -0.381 e. The number of carbonyl (C=O) groups is 1. The zero-order valence-corrected chi connectivity index (χ0v) is 10.5. The van der Waals surface area contributed by atoms with E-state index in [0.29, 0.717) is 11.8 Å². The second-order valence-electron chi connectivity index (χ2n) is 4.88. The molecule has 0 radical (unpaired) electrons. The molecule has 4 heteroatoms. The number of amides is 1. The molecule has 0 atom stereocenters. The molecule has 2 N–H and O–H groups in total. The van der Waals surface area contributed by atoms with Crippen LogP contribution in [-0.4, -0.2) is 39.3 Å². The van der Waals surface area contributed by atoms with Gasteiger partial charge in [0, 0.05) is 33.2 Å². The molecule has 1 aliphatic heterocycles. The third-order valence-corrected chi connectivity index (χ3v) is 3.29. The highest BCUT2D eigenvalue weighted by molar-refractivity contribution is 5.75. The van der Waals surface area contributed by atoms with E-state index in [1.807, 2.05) is 0 Å². The number of hydrogen-bond donors (Lipinski definition) is 2. The van der Waals surface area contributed by atoms with Gasteiger partial charge in [-0.25, -0.2) is 0 Å². The van der Waals surface area contributed by atoms with E-state index in [4.69, 9.17) is 4.74 Å². The predicted octanol–water partition coefficient (Wildman–Crippen LogP) is 0.919. The van der Waals surface area contributed by atoms with Gasteiger partial charge in [0.1, 0.15) is 0 Å². The Kier molecular flexibility index (Phi) is 5.77. The summed E-state index contributed by atoms with van der Waals surface area (Å²) in [5, 5.41) is 6.07. The summed E-state index contributed by atoms with van der Waals surface area (Å²) < 4.78 is 5.36. The molecule has 0 unspecified atom stereocenters. The average molecular weight is 228 g/mol. The molecule has 1 amide bonds. The van der Waals surface area contributed by atoms with E-state index >= 15 is 0 Å². The Morgan fingerprint density at radius 3 is 2.69 bits per heavy atom. The number of carbonyl (C=O) groups excluding carboxylic acids is 1. The molecule has 0 aromatic heterocycles. The molecule has 1 heterocycles. The fraction of sp³-hybridized carbons (Fsp3) is 0.917. The maximum absolute atomic E-state index is 11.0. The predicted molar refractivity (Wildman–Crippen MR) is 64.3 cm³/mol. The van der Waals surface area contributed by atoms with Gasteiger partial charge in [0.05, 0.1) is 0 Å². The molecule has 1 fully saturated rings. The second-order valence-corrected chi connectivity index (χ2v) is 4.88. The Hall–Kier alpha value is -0.610. The maximum Gasteiger partial charge on any atom is 0.219 e. The quantitative estimate of drug-likeness (QED) is 0.665. The zero-order chi connectivity index (χ0) is 11.9. The summed E-state index contributed by atoms with van der Waals surface area (Å²) in [5.74, 6) is 0.124. The Morgan fingerprint density at radius 2 is 2.06 bits per heavy atom. The lowest BCUT2D eigenvalue weighted by molar-refractivity contribution is -0.120. The van der Waals surface area contributed by atoms with Gasteiger partial charge in [-0.2, -0.15) is 0 Å². The molecule has 0 aromatic carbocycles. The van der Waals surface area contributed by atoms with Gasteiger partial charge >= 0.3 is 0 Å². The first-order valence-electron chi connectivity index (χ1n) is 6.15. The largest absolute Gasteiger partial charge is 0.381 e. The molecule has 1 rings (SSSR count). The Bertz CT molecular complexity index is 213. The van der Waals surface area contributed by atoms with Crippen LogP contribution >= 0.6 is 0 Å². The van der Waals surface area contributed by atoms with Gasteiger partial charge in [0.25, 0.3) is 0 Å². The van der Waals surface area contributed by atoms with Crippen molar-refractivity contribution in [2.24, 2.45) is 5.41 Å². The minimum atomic E-state index is 0.124. The molecule has 0 spiro atoms. The van der Waals surface area contributed by atoms with E-state index in [2.05, 4.69) is 17.6 Å². The van der Waals surface area contributed by atoms with E-state index in [0.717, 1.165) is 45.6 Å². The summed E-state index contributed by atoms with van der Waals surface area (Å²) in [7, 11) is 1.68. The monoisotopic (exact) mass is 228 g/mol. The fourth-order valence-electron chi connectivity index (χ4n) is 1.93. The third kappa shape index (κ3) is 4.94. The van der Waals surface area contributed by atoms with Crippen molar-refractivity contribution in [1.82, 2.24) is 10.6 Å². The summed E-state index contributed by atoms with van der Waals surface area (Å²) in [4.78, 5) is 11.0. The van der Waals surface area contributed by atoms with Crippen molar-refractivity contribution in [1.29, 1.82) is 0 Å². The number of nitrogens with one attached hydrogen (secondary N) is 2.